The number of nitrogen functional groups attached to an aromatic ring is 1. The molecule has 3 aromatic rings. The predicted octanol–water partition coefficient (Wildman–Crippen LogP) is 4.22. The van der Waals surface area contributed by atoms with Crippen LogP contribution in [0.25, 0.3) is 10.3 Å². The molecule has 170 valence electrons. The van der Waals surface area contributed by atoms with Crippen molar-refractivity contribution in [1.82, 2.24) is 15.3 Å². The maximum atomic E-state index is 12.8. The summed E-state index contributed by atoms with van der Waals surface area (Å²) in [5, 5.41) is 12.8. The molecular weight excluding hydrogens is 432 g/mol. The number of piperidine rings is 1. The summed E-state index contributed by atoms with van der Waals surface area (Å²) in [4.78, 5) is 25.1. The van der Waals surface area contributed by atoms with E-state index in [0.717, 1.165) is 41.9 Å². The molecule has 1 aromatic carbocycles. The molecule has 3 N–H and O–H groups in total. The van der Waals surface area contributed by atoms with Crippen LogP contribution in [0.5, 0.6) is 0 Å². The Morgan fingerprint density at radius 3 is 2.85 bits per heavy atom. The van der Waals surface area contributed by atoms with Crippen molar-refractivity contribution in [1.29, 1.82) is 5.26 Å². The van der Waals surface area contributed by atoms with Crippen molar-refractivity contribution >= 4 is 39.0 Å². The molecule has 1 aliphatic heterocycles. The molecule has 5 rings (SSSR count). The predicted molar refractivity (Wildman–Crippen MR) is 132 cm³/mol. The maximum absolute atomic E-state index is 12.8. The van der Waals surface area contributed by atoms with Crippen LogP contribution in [0, 0.1) is 30.1 Å². The van der Waals surface area contributed by atoms with Crippen LogP contribution in [0.15, 0.2) is 24.4 Å². The SMILES string of the molecule is Cc1cnc2c(N)c(C(=O)NC[C@@H](C)c3ccc(N4CC5CCC(C5)C4)c(C#N)c3)sc2n1. The fourth-order valence-electron chi connectivity index (χ4n) is 5.21. The summed E-state index contributed by atoms with van der Waals surface area (Å²) >= 11 is 1.26. The van der Waals surface area contributed by atoms with Crippen LogP contribution in [0.4, 0.5) is 11.4 Å². The standard InChI is InChI=1S/C25H28N6OS/c1-14(10-29-24(32)23-21(27)22-25(33-23)30-15(2)11-28-22)18-5-6-20(19(8-18)9-26)31-12-16-3-4-17(7-16)13-31/h5-6,8,11,14,16-17H,3-4,7,10,12-13,27H2,1-2H3,(H,29,32)/t14-,16?,17?/m1/s1. The van der Waals surface area contributed by atoms with Crippen molar-refractivity contribution in [2.45, 2.75) is 39.0 Å². The number of benzene rings is 1. The minimum atomic E-state index is -0.220. The van der Waals surface area contributed by atoms with Gasteiger partial charge < -0.3 is 16.0 Å². The second-order valence-electron chi connectivity index (χ2n) is 9.46. The monoisotopic (exact) mass is 460 g/mol. The van der Waals surface area contributed by atoms with E-state index in [0.29, 0.717) is 33.0 Å². The summed E-state index contributed by atoms with van der Waals surface area (Å²) in [5.41, 5.74) is 10.7. The van der Waals surface area contributed by atoms with Crippen molar-refractivity contribution in [3.8, 4) is 6.07 Å². The zero-order valence-electron chi connectivity index (χ0n) is 19.0. The van der Waals surface area contributed by atoms with Crippen LogP contribution >= 0.6 is 11.3 Å². The van der Waals surface area contributed by atoms with Crippen LogP contribution < -0.4 is 16.0 Å². The van der Waals surface area contributed by atoms with E-state index in [2.05, 4.69) is 45.3 Å². The molecule has 0 spiro atoms. The van der Waals surface area contributed by atoms with E-state index in [9.17, 15) is 10.1 Å². The van der Waals surface area contributed by atoms with Gasteiger partial charge in [-0.2, -0.15) is 5.26 Å². The highest BCUT2D eigenvalue weighted by molar-refractivity contribution is 7.21. The maximum Gasteiger partial charge on any atom is 0.263 e. The number of aryl methyl sites for hydroxylation is 1. The molecule has 33 heavy (non-hydrogen) atoms. The molecule has 3 atom stereocenters. The molecule has 1 saturated carbocycles. The van der Waals surface area contributed by atoms with Gasteiger partial charge in [-0.1, -0.05) is 13.0 Å². The van der Waals surface area contributed by atoms with Gasteiger partial charge in [0.2, 0.25) is 0 Å². The first-order valence-electron chi connectivity index (χ1n) is 11.5. The van der Waals surface area contributed by atoms with Gasteiger partial charge in [0.15, 0.2) is 0 Å². The number of fused-ring (bicyclic) bond motifs is 3. The van der Waals surface area contributed by atoms with E-state index in [1.54, 1.807) is 6.20 Å². The minimum absolute atomic E-state index is 0.0572. The van der Waals surface area contributed by atoms with Gasteiger partial charge in [-0.15, -0.1) is 11.3 Å². The number of amides is 1. The highest BCUT2D eigenvalue weighted by atomic mass is 32.1. The van der Waals surface area contributed by atoms with E-state index in [4.69, 9.17) is 5.73 Å². The Bertz CT molecular complexity index is 1250. The highest BCUT2D eigenvalue weighted by Crippen LogP contribution is 2.39. The van der Waals surface area contributed by atoms with Crippen LogP contribution in [-0.4, -0.2) is 35.5 Å². The first-order chi connectivity index (χ1) is 15.9. The van der Waals surface area contributed by atoms with Crippen molar-refractivity contribution in [2.24, 2.45) is 11.8 Å². The second kappa shape index (κ2) is 8.64. The summed E-state index contributed by atoms with van der Waals surface area (Å²) in [5.74, 6) is 1.36. The number of hydrogen-bond acceptors (Lipinski definition) is 7. The lowest BCUT2D eigenvalue weighted by Gasteiger charge is -2.34. The Balaban J connectivity index is 1.28. The van der Waals surface area contributed by atoms with E-state index >= 15 is 0 Å². The zero-order chi connectivity index (χ0) is 23.1. The average molecular weight is 461 g/mol. The molecule has 2 fully saturated rings. The lowest BCUT2D eigenvalue weighted by Crippen LogP contribution is -2.36. The zero-order valence-corrected chi connectivity index (χ0v) is 19.8. The van der Waals surface area contributed by atoms with Gasteiger partial charge in [0.25, 0.3) is 5.91 Å². The fraction of sp³-hybridized carbons (Fsp3) is 0.440. The number of hydrogen-bond donors (Lipinski definition) is 2. The number of nitrogens with one attached hydrogen (secondary N) is 1. The average Bonchev–Trinajstić information content (AvgIpc) is 3.34. The lowest BCUT2D eigenvalue weighted by atomic mass is 9.95. The Labute approximate surface area is 197 Å². The first-order valence-corrected chi connectivity index (χ1v) is 12.3. The van der Waals surface area contributed by atoms with Gasteiger partial charge in [-0.3, -0.25) is 4.79 Å². The summed E-state index contributed by atoms with van der Waals surface area (Å²) in [7, 11) is 0. The molecule has 1 aliphatic carbocycles. The number of carbonyl (C=O) groups excluding carboxylic acids is 1. The summed E-state index contributed by atoms with van der Waals surface area (Å²) in [6.07, 6.45) is 5.62. The van der Waals surface area contributed by atoms with Crippen molar-refractivity contribution in [2.75, 3.05) is 30.3 Å². The number of carbonyl (C=O) groups is 1. The molecule has 2 unspecified atom stereocenters. The van der Waals surface area contributed by atoms with Gasteiger partial charge in [-0.05, 0) is 61.6 Å². The highest BCUT2D eigenvalue weighted by Gasteiger charge is 2.33. The quantitative estimate of drug-likeness (QED) is 0.590. The van der Waals surface area contributed by atoms with Crippen LogP contribution in [-0.2, 0) is 0 Å². The van der Waals surface area contributed by atoms with Crippen LogP contribution in [0.2, 0.25) is 0 Å². The summed E-state index contributed by atoms with van der Waals surface area (Å²) in [6.45, 7) is 6.47. The topological polar surface area (TPSA) is 108 Å². The van der Waals surface area contributed by atoms with E-state index in [1.807, 2.05) is 13.0 Å². The molecule has 2 aliphatic rings. The lowest BCUT2D eigenvalue weighted by molar-refractivity contribution is 0.0956. The van der Waals surface area contributed by atoms with Crippen LogP contribution in [0.3, 0.4) is 0 Å². The molecule has 7 nitrogen and oxygen atoms in total. The number of nitrogens with two attached hydrogens (primary N) is 1. The third-order valence-electron chi connectivity index (χ3n) is 6.99. The van der Waals surface area contributed by atoms with E-state index in [1.165, 1.54) is 30.6 Å². The van der Waals surface area contributed by atoms with E-state index in [-0.39, 0.29) is 11.8 Å². The molecule has 3 heterocycles. The van der Waals surface area contributed by atoms with Gasteiger partial charge in [0, 0.05) is 25.8 Å². The normalized spacial score (nSPS) is 20.6. The molecule has 1 amide bonds. The number of rotatable bonds is 5. The minimum Gasteiger partial charge on any atom is -0.396 e. The Hall–Kier alpha value is -3.18. The van der Waals surface area contributed by atoms with Crippen molar-refractivity contribution in [3.63, 3.8) is 0 Å². The summed E-state index contributed by atoms with van der Waals surface area (Å²) < 4.78 is 0. The molecular formula is C25H28N6OS. The third-order valence-corrected chi connectivity index (χ3v) is 8.08. The number of anilines is 2. The first kappa shape index (κ1) is 21.7. The Morgan fingerprint density at radius 1 is 1.36 bits per heavy atom. The van der Waals surface area contributed by atoms with Crippen molar-refractivity contribution < 1.29 is 4.79 Å². The van der Waals surface area contributed by atoms with Crippen LogP contribution in [0.1, 0.15) is 58.6 Å². The smallest absolute Gasteiger partial charge is 0.263 e. The fourth-order valence-corrected chi connectivity index (χ4v) is 6.23. The Kier molecular flexibility index (Phi) is 5.67. The molecule has 2 bridgehead atoms. The van der Waals surface area contributed by atoms with Gasteiger partial charge in [0.05, 0.1) is 22.6 Å². The number of aromatic nitrogens is 2. The largest absolute Gasteiger partial charge is 0.396 e. The number of nitrogens with zero attached hydrogens (tertiary/aromatic N) is 4. The Morgan fingerprint density at radius 2 is 2.12 bits per heavy atom. The molecule has 0 radical (unpaired) electrons. The molecule has 8 heteroatoms. The number of thiophene rings is 1. The van der Waals surface area contributed by atoms with Gasteiger partial charge >= 0.3 is 0 Å². The third kappa shape index (κ3) is 4.13. The van der Waals surface area contributed by atoms with Gasteiger partial charge in [0.1, 0.15) is 21.3 Å². The van der Waals surface area contributed by atoms with Gasteiger partial charge in [-0.25, -0.2) is 9.97 Å². The molecule has 2 aromatic heterocycles. The second-order valence-corrected chi connectivity index (χ2v) is 10.5. The molecule has 1 saturated heterocycles. The summed E-state index contributed by atoms with van der Waals surface area (Å²) in [6, 6.07) is 8.55. The van der Waals surface area contributed by atoms with E-state index < -0.39 is 0 Å². The van der Waals surface area contributed by atoms with Crippen molar-refractivity contribution in [3.05, 3.63) is 46.1 Å². The number of nitriles is 1.